The van der Waals surface area contributed by atoms with Crippen LogP contribution in [-0.4, -0.2) is 53.8 Å². The lowest BCUT2D eigenvalue weighted by Gasteiger charge is -2.36. The van der Waals surface area contributed by atoms with Gasteiger partial charge >= 0.3 is 6.18 Å². The van der Waals surface area contributed by atoms with Crippen molar-refractivity contribution >= 4 is 40.8 Å². The number of benzene rings is 1. The van der Waals surface area contributed by atoms with E-state index in [1.165, 1.54) is 6.07 Å². The summed E-state index contributed by atoms with van der Waals surface area (Å²) in [6.07, 6.45) is -3.48. The van der Waals surface area contributed by atoms with E-state index in [2.05, 4.69) is 4.98 Å². The highest BCUT2D eigenvalue weighted by Crippen LogP contribution is 2.34. The molecule has 1 aromatic heterocycles. The number of aromatic nitrogens is 1. The van der Waals surface area contributed by atoms with Gasteiger partial charge in [0, 0.05) is 50.8 Å². The van der Waals surface area contributed by atoms with Gasteiger partial charge < -0.3 is 9.80 Å². The quantitative estimate of drug-likeness (QED) is 0.648. The van der Waals surface area contributed by atoms with Crippen molar-refractivity contribution < 1.29 is 27.6 Å². The topological polar surface area (TPSA) is 73.8 Å². The number of halogens is 4. The van der Waals surface area contributed by atoms with Gasteiger partial charge in [-0.05, 0) is 24.3 Å². The van der Waals surface area contributed by atoms with Crippen LogP contribution in [0, 0.1) is 0 Å². The Labute approximate surface area is 186 Å². The second kappa shape index (κ2) is 8.42. The maximum Gasteiger partial charge on any atom is 0.417 e. The fraction of sp³-hybridized carbons (Fsp3) is 0.333. The highest BCUT2D eigenvalue weighted by Gasteiger charge is 2.33. The first-order valence-electron chi connectivity index (χ1n) is 9.88. The van der Waals surface area contributed by atoms with E-state index in [0.29, 0.717) is 37.4 Å². The van der Waals surface area contributed by atoms with Crippen LogP contribution in [-0.2, 0) is 15.8 Å². The fourth-order valence-electron chi connectivity index (χ4n) is 3.76. The number of piperazine rings is 1. The van der Waals surface area contributed by atoms with Crippen LogP contribution < -0.4 is 9.80 Å². The first-order chi connectivity index (χ1) is 15.1. The summed E-state index contributed by atoms with van der Waals surface area (Å²) in [5, 5.41) is -0.104. The third kappa shape index (κ3) is 4.27. The minimum atomic E-state index is -4.53. The molecule has 0 atom stereocenters. The van der Waals surface area contributed by atoms with Gasteiger partial charge in [0.15, 0.2) is 0 Å². The summed E-state index contributed by atoms with van der Waals surface area (Å²) >= 11 is 6.02. The Balaban J connectivity index is 1.44. The standard InChI is InChI=1S/C21H18ClF3N4O3/c22-16-11-14(21(23,24)25)12-26-19(16)27-6-8-28(9-7-27)20(32)13-2-1-3-15(10-13)29-17(30)4-5-18(29)31/h1-3,10-12H,4-9H2. The van der Waals surface area contributed by atoms with Crippen molar-refractivity contribution in [2.45, 2.75) is 19.0 Å². The summed E-state index contributed by atoms with van der Waals surface area (Å²) < 4.78 is 38.4. The molecule has 0 N–H and O–H groups in total. The number of rotatable bonds is 3. The van der Waals surface area contributed by atoms with Gasteiger partial charge in [-0.1, -0.05) is 17.7 Å². The number of carbonyl (C=O) groups is 3. The molecule has 168 valence electrons. The largest absolute Gasteiger partial charge is 0.417 e. The maximum atomic E-state index is 12.9. The normalized spacial score (nSPS) is 17.3. The third-order valence-electron chi connectivity index (χ3n) is 5.42. The SMILES string of the molecule is O=C(c1cccc(N2C(=O)CCC2=O)c1)N1CCN(c2ncc(C(F)(F)F)cc2Cl)CC1. The Morgan fingerprint density at radius 3 is 2.25 bits per heavy atom. The van der Waals surface area contributed by atoms with Crippen molar-refractivity contribution in [3.05, 3.63) is 52.7 Å². The average molecular weight is 467 g/mol. The Hall–Kier alpha value is -3.14. The van der Waals surface area contributed by atoms with Crippen LogP contribution in [0.3, 0.4) is 0 Å². The van der Waals surface area contributed by atoms with Crippen molar-refractivity contribution in [1.82, 2.24) is 9.88 Å². The van der Waals surface area contributed by atoms with E-state index in [0.717, 1.165) is 17.2 Å². The van der Waals surface area contributed by atoms with Gasteiger partial charge in [-0.2, -0.15) is 13.2 Å². The molecule has 2 aliphatic heterocycles. The van der Waals surface area contributed by atoms with Gasteiger partial charge in [-0.3, -0.25) is 19.3 Å². The molecule has 0 unspecified atom stereocenters. The van der Waals surface area contributed by atoms with Crippen LogP contribution in [0.1, 0.15) is 28.8 Å². The number of imide groups is 1. The third-order valence-corrected chi connectivity index (χ3v) is 5.70. The summed E-state index contributed by atoms with van der Waals surface area (Å²) in [7, 11) is 0. The highest BCUT2D eigenvalue weighted by atomic mass is 35.5. The molecule has 11 heteroatoms. The second-order valence-electron chi connectivity index (χ2n) is 7.48. The molecule has 0 spiro atoms. The summed E-state index contributed by atoms with van der Waals surface area (Å²) in [6, 6.07) is 7.19. The predicted octanol–water partition coefficient (Wildman–Crippen LogP) is 3.37. The van der Waals surface area contributed by atoms with E-state index >= 15 is 0 Å². The Bertz CT molecular complexity index is 1070. The highest BCUT2D eigenvalue weighted by molar-refractivity contribution is 6.33. The molecule has 0 radical (unpaired) electrons. The lowest BCUT2D eigenvalue weighted by Crippen LogP contribution is -2.49. The molecule has 2 aliphatic rings. The molecule has 2 saturated heterocycles. The fourth-order valence-corrected chi connectivity index (χ4v) is 4.05. The van der Waals surface area contributed by atoms with E-state index in [4.69, 9.17) is 11.6 Å². The summed E-state index contributed by atoms with van der Waals surface area (Å²) in [5.74, 6) is -0.625. The molecule has 3 heterocycles. The van der Waals surface area contributed by atoms with Crippen LogP contribution in [0.15, 0.2) is 36.5 Å². The Morgan fingerprint density at radius 2 is 1.66 bits per heavy atom. The van der Waals surface area contributed by atoms with Gasteiger partial charge in [0.1, 0.15) is 5.82 Å². The molecule has 0 aliphatic carbocycles. The van der Waals surface area contributed by atoms with E-state index in [1.807, 2.05) is 0 Å². The lowest BCUT2D eigenvalue weighted by atomic mass is 10.1. The first kappa shape index (κ1) is 22.1. The van der Waals surface area contributed by atoms with Crippen LogP contribution in [0.25, 0.3) is 0 Å². The van der Waals surface area contributed by atoms with Crippen LogP contribution in [0.4, 0.5) is 24.7 Å². The van der Waals surface area contributed by atoms with Crippen molar-refractivity contribution in [2.24, 2.45) is 0 Å². The van der Waals surface area contributed by atoms with Crippen molar-refractivity contribution in [3.8, 4) is 0 Å². The first-order valence-corrected chi connectivity index (χ1v) is 10.3. The number of alkyl halides is 3. The van der Waals surface area contributed by atoms with E-state index < -0.39 is 11.7 Å². The van der Waals surface area contributed by atoms with Gasteiger partial charge in [-0.15, -0.1) is 0 Å². The second-order valence-corrected chi connectivity index (χ2v) is 7.89. The molecular weight excluding hydrogens is 449 g/mol. The molecule has 4 rings (SSSR count). The molecule has 0 saturated carbocycles. The van der Waals surface area contributed by atoms with Gasteiger partial charge in [-0.25, -0.2) is 4.98 Å². The number of carbonyl (C=O) groups excluding carboxylic acids is 3. The lowest BCUT2D eigenvalue weighted by molar-refractivity contribution is -0.137. The summed E-state index contributed by atoms with van der Waals surface area (Å²) in [6.45, 7) is 1.30. The smallest absolute Gasteiger partial charge is 0.352 e. The van der Waals surface area contributed by atoms with Crippen molar-refractivity contribution in [1.29, 1.82) is 0 Å². The number of hydrogen-bond donors (Lipinski definition) is 0. The van der Waals surface area contributed by atoms with Crippen LogP contribution in [0.2, 0.25) is 5.02 Å². The Morgan fingerprint density at radius 1 is 1.00 bits per heavy atom. The zero-order valence-electron chi connectivity index (χ0n) is 16.7. The van der Waals surface area contributed by atoms with Gasteiger partial charge in [0.05, 0.1) is 16.3 Å². The number of hydrogen-bond acceptors (Lipinski definition) is 5. The van der Waals surface area contributed by atoms with E-state index in [-0.39, 0.29) is 41.4 Å². The summed E-state index contributed by atoms with van der Waals surface area (Å²) in [5.41, 5.74) is -0.216. The van der Waals surface area contributed by atoms with Crippen LogP contribution >= 0.6 is 11.6 Å². The summed E-state index contributed by atoms with van der Waals surface area (Å²) in [4.78, 5) is 45.2. The molecule has 1 aromatic carbocycles. The molecule has 3 amide bonds. The van der Waals surface area contributed by atoms with Crippen molar-refractivity contribution in [3.63, 3.8) is 0 Å². The molecule has 2 aromatic rings. The maximum absolute atomic E-state index is 12.9. The molecule has 7 nitrogen and oxygen atoms in total. The average Bonchev–Trinajstić information content (AvgIpc) is 3.11. The predicted molar refractivity (Wildman–Crippen MR) is 111 cm³/mol. The number of pyridine rings is 1. The minimum Gasteiger partial charge on any atom is -0.352 e. The monoisotopic (exact) mass is 466 g/mol. The molecule has 2 fully saturated rings. The van der Waals surface area contributed by atoms with Gasteiger partial charge in [0.25, 0.3) is 5.91 Å². The van der Waals surface area contributed by atoms with Crippen molar-refractivity contribution in [2.75, 3.05) is 36.0 Å². The van der Waals surface area contributed by atoms with Crippen LogP contribution in [0.5, 0.6) is 0 Å². The molecular formula is C21H18ClF3N4O3. The zero-order valence-corrected chi connectivity index (χ0v) is 17.5. The Kier molecular flexibility index (Phi) is 5.81. The zero-order chi connectivity index (χ0) is 23.0. The molecule has 0 bridgehead atoms. The van der Waals surface area contributed by atoms with Gasteiger partial charge in [0.2, 0.25) is 11.8 Å². The number of anilines is 2. The minimum absolute atomic E-state index is 0.104. The number of nitrogens with zero attached hydrogens (tertiary/aromatic N) is 4. The van der Waals surface area contributed by atoms with E-state index in [1.54, 1.807) is 28.0 Å². The molecule has 32 heavy (non-hydrogen) atoms. The van der Waals surface area contributed by atoms with E-state index in [9.17, 15) is 27.6 Å². The number of amides is 3.